The van der Waals surface area contributed by atoms with E-state index in [1.807, 2.05) is 30.3 Å². The van der Waals surface area contributed by atoms with Gasteiger partial charge in [0.15, 0.2) is 0 Å². The van der Waals surface area contributed by atoms with Crippen LogP contribution in [0.1, 0.15) is 18.0 Å². The van der Waals surface area contributed by atoms with Gasteiger partial charge in [0.05, 0.1) is 11.1 Å². The molecule has 1 unspecified atom stereocenters. The van der Waals surface area contributed by atoms with Gasteiger partial charge in [0.1, 0.15) is 6.04 Å². The monoisotopic (exact) mass is 302 g/mol. The van der Waals surface area contributed by atoms with Crippen molar-refractivity contribution in [3.63, 3.8) is 0 Å². The number of nitrogens with zero attached hydrogens (tertiary/aromatic N) is 2. The number of nitro groups is 1. The molecule has 2 aromatic rings. The number of hydrogen-bond acceptors (Lipinski definition) is 4. The van der Waals surface area contributed by atoms with Crippen LogP contribution in [0.2, 0.25) is 0 Å². The average molecular weight is 302 g/mol. The smallest absolute Gasteiger partial charge is 0.326 e. The zero-order valence-corrected chi connectivity index (χ0v) is 11.6. The van der Waals surface area contributed by atoms with Crippen molar-refractivity contribution in [3.8, 4) is 0 Å². The molecule has 1 atom stereocenters. The van der Waals surface area contributed by atoms with Crippen LogP contribution in [0.5, 0.6) is 0 Å². The first-order valence-corrected chi connectivity index (χ1v) is 6.62. The molecule has 1 aromatic carbocycles. The van der Waals surface area contributed by atoms with E-state index in [-0.39, 0.29) is 12.1 Å². The van der Waals surface area contributed by atoms with Gasteiger partial charge in [-0.25, -0.2) is 4.79 Å². The fraction of sp³-hybridized carbons (Fsp3) is 0.200. The van der Waals surface area contributed by atoms with Gasteiger partial charge in [-0.15, -0.1) is 0 Å². The highest BCUT2D eigenvalue weighted by Crippen LogP contribution is 2.17. The van der Waals surface area contributed by atoms with E-state index in [0.29, 0.717) is 6.42 Å². The number of carboxylic acids is 1. The second-order valence-corrected chi connectivity index (χ2v) is 4.77. The Balaban J connectivity index is 2.28. The Labute approximate surface area is 125 Å². The van der Waals surface area contributed by atoms with Crippen LogP contribution in [-0.2, 0) is 11.2 Å². The van der Waals surface area contributed by atoms with E-state index in [1.54, 1.807) is 0 Å². The van der Waals surface area contributed by atoms with E-state index in [0.717, 1.165) is 28.5 Å². The molecule has 114 valence electrons. The second-order valence-electron chi connectivity index (χ2n) is 4.77. The number of pyridine rings is 1. The molecule has 7 heteroatoms. The van der Waals surface area contributed by atoms with E-state index >= 15 is 0 Å². The van der Waals surface area contributed by atoms with Gasteiger partial charge in [0.25, 0.3) is 11.2 Å². The summed E-state index contributed by atoms with van der Waals surface area (Å²) < 4.78 is 0.906. The van der Waals surface area contributed by atoms with Crippen LogP contribution in [0.15, 0.2) is 53.5 Å². The number of carboxylic acid groups (broad SMARTS) is 1. The van der Waals surface area contributed by atoms with Gasteiger partial charge in [-0.1, -0.05) is 30.3 Å². The zero-order chi connectivity index (χ0) is 16.1. The Hall–Kier alpha value is -2.96. The third-order valence-electron chi connectivity index (χ3n) is 3.30. The molecule has 1 aromatic heterocycles. The van der Waals surface area contributed by atoms with Crippen molar-refractivity contribution in [2.45, 2.75) is 18.9 Å². The molecule has 1 N–H and O–H groups in total. The number of aromatic nitrogens is 1. The van der Waals surface area contributed by atoms with E-state index in [9.17, 15) is 24.8 Å². The number of aliphatic carboxylic acids is 1. The third kappa shape index (κ3) is 3.57. The van der Waals surface area contributed by atoms with Crippen LogP contribution in [0.25, 0.3) is 0 Å². The lowest BCUT2D eigenvalue weighted by Crippen LogP contribution is -2.29. The van der Waals surface area contributed by atoms with E-state index in [2.05, 4.69) is 0 Å². The molecule has 0 aliphatic carbocycles. The Morgan fingerprint density at radius 1 is 1.23 bits per heavy atom. The minimum absolute atomic E-state index is 0.167. The summed E-state index contributed by atoms with van der Waals surface area (Å²) in [5, 5.41) is 20.1. The fourth-order valence-electron chi connectivity index (χ4n) is 2.17. The van der Waals surface area contributed by atoms with E-state index in [4.69, 9.17) is 0 Å². The minimum Gasteiger partial charge on any atom is -0.480 e. The summed E-state index contributed by atoms with van der Waals surface area (Å²) in [6, 6.07) is 10.2. The highest BCUT2D eigenvalue weighted by molar-refractivity contribution is 5.72. The molecule has 1 heterocycles. The molecule has 0 fully saturated rings. The van der Waals surface area contributed by atoms with Crippen molar-refractivity contribution in [2.75, 3.05) is 0 Å². The summed E-state index contributed by atoms with van der Waals surface area (Å²) >= 11 is 0. The second kappa shape index (κ2) is 6.66. The Morgan fingerprint density at radius 3 is 2.50 bits per heavy atom. The van der Waals surface area contributed by atoms with Gasteiger partial charge in [0.2, 0.25) is 0 Å². The van der Waals surface area contributed by atoms with Crippen molar-refractivity contribution in [2.24, 2.45) is 0 Å². The predicted molar refractivity (Wildman–Crippen MR) is 78.8 cm³/mol. The van der Waals surface area contributed by atoms with Crippen molar-refractivity contribution in [1.29, 1.82) is 0 Å². The highest BCUT2D eigenvalue weighted by atomic mass is 16.6. The van der Waals surface area contributed by atoms with Gasteiger partial charge in [-0.05, 0) is 18.4 Å². The molecular formula is C15H14N2O5. The number of rotatable bonds is 6. The SMILES string of the molecule is O=C(O)C(CCc1ccccc1)n1cc([N+](=O)[O-])ccc1=O. The number of aryl methyl sites for hydroxylation is 1. The van der Waals surface area contributed by atoms with Crippen molar-refractivity contribution >= 4 is 11.7 Å². The van der Waals surface area contributed by atoms with Gasteiger partial charge in [-0.2, -0.15) is 0 Å². The van der Waals surface area contributed by atoms with Gasteiger partial charge >= 0.3 is 5.97 Å². The topological polar surface area (TPSA) is 102 Å². The fourth-order valence-corrected chi connectivity index (χ4v) is 2.17. The normalized spacial score (nSPS) is 11.8. The maximum Gasteiger partial charge on any atom is 0.326 e. The Bertz CT molecular complexity index is 739. The Kier molecular flexibility index (Phi) is 4.67. The first-order chi connectivity index (χ1) is 10.5. The molecule has 0 saturated carbocycles. The van der Waals surface area contributed by atoms with Crippen molar-refractivity contribution < 1.29 is 14.8 Å². The summed E-state index contributed by atoms with van der Waals surface area (Å²) in [6.45, 7) is 0. The molecule has 0 bridgehead atoms. The first-order valence-electron chi connectivity index (χ1n) is 6.62. The largest absolute Gasteiger partial charge is 0.480 e. The van der Waals surface area contributed by atoms with Gasteiger partial charge in [0, 0.05) is 12.1 Å². The van der Waals surface area contributed by atoms with Gasteiger partial charge in [-0.3, -0.25) is 19.5 Å². The lowest BCUT2D eigenvalue weighted by molar-refractivity contribution is -0.385. The lowest BCUT2D eigenvalue weighted by Gasteiger charge is -2.15. The van der Waals surface area contributed by atoms with Crippen molar-refractivity contribution in [1.82, 2.24) is 4.57 Å². The molecule has 2 rings (SSSR count). The van der Waals surface area contributed by atoms with Crippen LogP contribution < -0.4 is 5.56 Å². The summed E-state index contributed by atoms with van der Waals surface area (Å²) in [5.74, 6) is -1.20. The first kappa shape index (κ1) is 15.4. The minimum atomic E-state index is -1.20. The van der Waals surface area contributed by atoms with Crippen LogP contribution in [0.3, 0.4) is 0 Å². The molecular weight excluding hydrogens is 288 g/mol. The molecule has 7 nitrogen and oxygen atoms in total. The van der Waals surface area contributed by atoms with Crippen LogP contribution >= 0.6 is 0 Å². The molecule has 0 aliphatic rings. The van der Waals surface area contributed by atoms with Crippen LogP contribution in [-0.4, -0.2) is 20.6 Å². The molecule has 22 heavy (non-hydrogen) atoms. The average Bonchev–Trinajstić information content (AvgIpc) is 2.49. The van der Waals surface area contributed by atoms with Crippen LogP contribution in [0.4, 0.5) is 5.69 Å². The maximum absolute atomic E-state index is 11.8. The molecule has 0 saturated heterocycles. The number of carbonyl (C=O) groups is 1. The third-order valence-corrected chi connectivity index (χ3v) is 3.30. The number of benzene rings is 1. The molecule has 0 radical (unpaired) electrons. The summed E-state index contributed by atoms with van der Waals surface area (Å²) in [7, 11) is 0. The molecule has 0 spiro atoms. The van der Waals surface area contributed by atoms with Crippen LogP contribution in [0, 0.1) is 10.1 Å². The predicted octanol–water partition coefficient (Wildman–Crippen LogP) is 2.01. The highest BCUT2D eigenvalue weighted by Gasteiger charge is 2.22. The maximum atomic E-state index is 11.8. The Morgan fingerprint density at radius 2 is 1.91 bits per heavy atom. The van der Waals surface area contributed by atoms with E-state index in [1.165, 1.54) is 0 Å². The number of hydrogen-bond donors (Lipinski definition) is 1. The summed E-state index contributed by atoms with van der Waals surface area (Å²) in [4.78, 5) is 33.4. The zero-order valence-electron chi connectivity index (χ0n) is 11.6. The standard InChI is InChI=1S/C15H14N2O5/c18-14-9-7-12(17(21)22)10-16(14)13(15(19)20)8-6-11-4-2-1-3-5-11/h1-5,7,9-10,13H,6,8H2,(H,19,20). The lowest BCUT2D eigenvalue weighted by atomic mass is 10.0. The summed E-state index contributed by atoms with van der Waals surface area (Å²) in [6.07, 6.45) is 1.60. The molecule has 0 amide bonds. The quantitative estimate of drug-likeness (QED) is 0.649. The van der Waals surface area contributed by atoms with Gasteiger partial charge < -0.3 is 5.11 Å². The van der Waals surface area contributed by atoms with Crippen molar-refractivity contribution in [3.05, 3.63) is 74.7 Å². The van der Waals surface area contributed by atoms with E-state index < -0.39 is 22.5 Å². The summed E-state index contributed by atoms with van der Waals surface area (Å²) in [5.41, 5.74) is 0.0452. The molecule has 0 aliphatic heterocycles.